The fraction of sp³-hybridized carbons (Fsp3) is 0.636. The molecule has 0 aromatic heterocycles. The third-order valence-electron chi connectivity index (χ3n) is 7.18. The number of unbranched alkanes of at least 4 members (excludes halogenated alkanes) is 1. The van der Waals surface area contributed by atoms with E-state index in [9.17, 15) is 0 Å². The minimum absolute atomic E-state index is 0.145. The number of hydrogen-bond donors (Lipinski definition) is 0. The molecule has 2 aromatic carbocycles. The van der Waals surface area contributed by atoms with Gasteiger partial charge >= 0.3 is 0 Å². The molecule has 0 unspecified atom stereocenters. The van der Waals surface area contributed by atoms with Gasteiger partial charge in [0.15, 0.2) is 0 Å². The lowest BCUT2D eigenvalue weighted by atomic mass is 9.75. The van der Waals surface area contributed by atoms with Crippen molar-refractivity contribution < 1.29 is 0 Å². The van der Waals surface area contributed by atoms with Crippen LogP contribution in [0.1, 0.15) is 134 Å². The molecule has 190 valence electrons. The summed E-state index contributed by atoms with van der Waals surface area (Å²) in [5, 5.41) is 0. The van der Waals surface area contributed by atoms with Crippen LogP contribution in [-0.4, -0.2) is 0 Å². The van der Waals surface area contributed by atoms with E-state index in [1.807, 2.05) is 0 Å². The van der Waals surface area contributed by atoms with Crippen molar-refractivity contribution in [1.29, 1.82) is 0 Å². The van der Waals surface area contributed by atoms with Crippen molar-refractivity contribution >= 4 is 22.6 Å². The van der Waals surface area contributed by atoms with Crippen LogP contribution in [0.3, 0.4) is 0 Å². The van der Waals surface area contributed by atoms with Gasteiger partial charge in [-0.3, -0.25) is 0 Å². The average Bonchev–Trinajstić information content (AvgIpc) is 2.63. The molecule has 0 aliphatic carbocycles. The zero-order valence-electron chi connectivity index (χ0n) is 24.5. The van der Waals surface area contributed by atoms with E-state index in [2.05, 4.69) is 137 Å². The Morgan fingerprint density at radius 2 is 0.765 bits per heavy atom. The van der Waals surface area contributed by atoms with Crippen LogP contribution in [0, 0.1) is 13.8 Å². The predicted molar refractivity (Wildman–Crippen MR) is 162 cm³/mol. The Kier molecular flexibility index (Phi) is 8.88. The highest BCUT2D eigenvalue weighted by Crippen LogP contribution is 2.39. The molecule has 0 N–H and O–H groups in total. The molecule has 0 bridgehead atoms. The third kappa shape index (κ3) is 7.34. The fourth-order valence-electron chi connectivity index (χ4n) is 5.45. The Balaban J connectivity index is 2.26. The van der Waals surface area contributed by atoms with Crippen molar-refractivity contribution in [2.24, 2.45) is 0 Å². The topological polar surface area (TPSA) is 0 Å². The first kappa shape index (κ1) is 29.4. The first-order valence-electron chi connectivity index (χ1n) is 13.2. The standard InChI is InChI=1S/C33H51I/c1-22-26(30(3,4)5)18-24(19-27(22)31(6,7)8)16-14-15-17-25-20-28(32(9,10)11)23(2)29(21-25)33(12,13)34/h18-21H,14-17H2,1-13H3. The van der Waals surface area contributed by atoms with Crippen molar-refractivity contribution in [1.82, 2.24) is 0 Å². The molecule has 0 aliphatic heterocycles. The van der Waals surface area contributed by atoms with Crippen LogP contribution in [0.15, 0.2) is 24.3 Å². The van der Waals surface area contributed by atoms with Gasteiger partial charge in [0.05, 0.1) is 0 Å². The van der Waals surface area contributed by atoms with Gasteiger partial charge in [-0.15, -0.1) is 0 Å². The Morgan fingerprint density at radius 3 is 1.03 bits per heavy atom. The van der Waals surface area contributed by atoms with E-state index in [1.165, 1.54) is 57.3 Å². The number of rotatable bonds is 6. The Morgan fingerprint density at radius 1 is 0.500 bits per heavy atom. The molecule has 1 heteroatoms. The zero-order chi connectivity index (χ0) is 26.3. The summed E-state index contributed by atoms with van der Waals surface area (Å²) in [6.07, 6.45) is 4.79. The fourth-order valence-corrected chi connectivity index (χ4v) is 6.01. The summed E-state index contributed by atoms with van der Waals surface area (Å²) in [5.74, 6) is 0. The summed E-state index contributed by atoms with van der Waals surface area (Å²) in [6.45, 7) is 30.4. The second-order valence-corrected chi connectivity index (χ2v) is 16.8. The van der Waals surface area contributed by atoms with Gasteiger partial charge < -0.3 is 0 Å². The molecule has 0 saturated heterocycles. The maximum absolute atomic E-state index is 2.60. The van der Waals surface area contributed by atoms with Crippen LogP contribution in [0.5, 0.6) is 0 Å². The van der Waals surface area contributed by atoms with E-state index in [1.54, 1.807) is 0 Å². The summed E-state index contributed by atoms with van der Waals surface area (Å²) < 4.78 is 0.145. The molecular weight excluding hydrogens is 523 g/mol. The second-order valence-electron chi connectivity index (χ2n) is 14.1. The summed E-state index contributed by atoms with van der Waals surface area (Å²) >= 11 is 2.60. The lowest BCUT2D eigenvalue weighted by Gasteiger charge is -2.30. The summed E-state index contributed by atoms with van der Waals surface area (Å²) in [4.78, 5) is 0. The largest absolute Gasteiger partial charge is 0.0743 e. The van der Waals surface area contributed by atoms with Crippen LogP contribution in [0.25, 0.3) is 0 Å². The van der Waals surface area contributed by atoms with Crippen LogP contribution in [0.2, 0.25) is 0 Å². The van der Waals surface area contributed by atoms with Gasteiger partial charge in [0.25, 0.3) is 0 Å². The van der Waals surface area contributed by atoms with Gasteiger partial charge in [0.2, 0.25) is 0 Å². The molecule has 0 aliphatic rings. The molecular formula is C33H51I. The molecule has 34 heavy (non-hydrogen) atoms. The second kappa shape index (κ2) is 10.3. The summed E-state index contributed by atoms with van der Waals surface area (Å²) in [7, 11) is 0. The quantitative estimate of drug-likeness (QED) is 0.183. The van der Waals surface area contributed by atoms with Crippen LogP contribution in [-0.2, 0) is 32.5 Å². The Hall–Kier alpha value is -0.830. The molecule has 0 heterocycles. The number of alkyl halides is 1. The van der Waals surface area contributed by atoms with Gasteiger partial charge in [-0.05, 0) is 114 Å². The maximum atomic E-state index is 2.60. The normalized spacial score (nSPS) is 13.5. The van der Waals surface area contributed by atoms with Gasteiger partial charge in [0, 0.05) is 3.42 Å². The molecule has 0 spiro atoms. The minimum Gasteiger partial charge on any atom is -0.0743 e. The third-order valence-corrected chi connectivity index (χ3v) is 7.76. The Labute approximate surface area is 225 Å². The number of benzene rings is 2. The van der Waals surface area contributed by atoms with Gasteiger partial charge in [-0.1, -0.05) is 109 Å². The molecule has 0 fully saturated rings. The lowest BCUT2D eigenvalue weighted by Crippen LogP contribution is -2.20. The summed E-state index contributed by atoms with van der Waals surface area (Å²) in [6, 6.07) is 9.95. The van der Waals surface area contributed by atoms with Crippen LogP contribution >= 0.6 is 22.6 Å². The van der Waals surface area contributed by atoms with E-state index in [0.29, 0.717) is 0 Å². The van der Waals surface area contributed by atoms with Gasteiger partial charge in [-0.25, -0.2) is 0 Å². The van der Waals surface area contributed by atoms with Gasteiger partial charge in [-0.2, -0.15) is 0 Å². The van der Waals surface area contributed by atoms with Gasteiger partial charge in [0.1, 0.15) is 0 Å². The van der Waals surface area contributed by atoms with E-state index in [-0.39, 0.29) is 19.7 Å². The molecule has 0 atom stereocenters. The van der Waals surface area contributed by atoms with Crippen molar-refractivity contribution in [3.8, 4) is 0 Å². The van der Waals surface area contributed by atoms with E-state index in [4.69, 9.17) is 0 Å². The first-order valence-corrected chi connectivity index (χ1v) is 14.3. The molecule has 0 saturated carbocycles. The van der Waals surface area contributed by atoms with Crippen molar-refractivity contribution in [2.75, 3.05) is 0 Å². The van der Waals surface area contributed by atoms with E-state index < -0.39 is 0 Å². The number of hydrogen-bond acceptors (Lipinski definition) is 0. The lowest BCUT2D eigenvalue weighted by molar-refractivity contribution is 0.558. The first-order chi connectivity index (χ1) is 15.2. The molecule has 2 aromatic rings. The zero-order valence-corrected chi connectivity index (χ0v) is 26.7. The van der Waals surface area contributed by atoms with Crippen LogP contribution in [0.4, 0.5) is 0 Å². The van der Waals surface area contributed by atoms with E-state index >= 15 is 0 Å². The predicted octanol–water partition coefficient (Wildman–Crippen LogP) is 10.4. The number of halogens is 1. The highest BCUT2D eigenvalue weighted by atomic mass is 127. The average molecular weight is 575 g/mol. The monoisotopic (exact) mass is 574 g/mol. The molecule has 0 radical (unpaired) electrons. The molecule has 2 rings (SSSR count). The SMILES string of the molecule is Cc1c(C(C)(C)C)cc(CCCCc2cc(C(C)(C)C)c(C)c(C(C)(C)I)c2)cc1C(C)(C)C. The molecule has 0 nitrogen and oxygen atoms in total. The highest BCUT2D eigenvalue weighted by Gasteiger charge is 2.26. The van der Waals surface area contributed by atoms with E-state index in [0.717, 1.165) is 12.8 Å². The minimum atomic E-state index is 0.145. The van der Waals surface area contributed by atoms with Crippen molar-refractivity contribution in [3.05, 3.63) is 68.8 Å². The smallest absolute Gasteiger partial charge is 0.0417 e. The Bertz CT molecular complexity index is 841. The number of aryl methyl sites for hydroxylation is 2. The maximum Gasteiger partial charge on any atom is 0.0417 e. The highest BCUT2D eigenvalue weighted by molar-refractivity contribution is 14.1. The summed E-state index contributed by atoms with van der Waals surface area (Å²) in [5.41, 5.74) is 12.5. The van der Waals surface area contributed by atoms with Crippen LogP contribution < -0.4 is 0 Å². The van der Waals surface area contributed by atoms with Crippen molar-refractivity contribution in [2.45, 2.75) is 135 Å². The van der Waals surface area contributed by atoms with Crippen molar-refractivity contribution in [3.63, 3.8) is 0 Å². The molecule has 0 amide bonds.